The van der Waals surface area contributed by atoms with Crippen LogP contribution in [0.25, 0.3) is 0 Å². The first-order valence-corrected chi connectivity index (χ1v) is 5.01. The molecule has 0 aliphatic rings. The second kappa shape index (κ2) is 4.93. The lowest BCUT2D eigenvalue weighted by atomic mass is 10.1. The van der Waals surface area contributed by atoms with E-state index in [1.165, 1.54) is 0 Å². The number of hydrogen-bond acceptors (Lipinski definition) is 3. The summed E-state index contributed by atoms with van der Waals surface area (Å²) in [6.45, 7) is 5.69. The average molecular weight is 211 g/mol. The van der Waals surface area contributed by atoms with Gasteiger partial charge in [0.05, 0.1) is 6.61 Å². The minimum atomic E-state index is -0.264. The van der Waals surface area contributed by atoms with Crippen molar-refractivity contribution in [1.82, 2.24) is 15.5 Å². The summed E-state index contributed by atoms with van der Waals surface area (Å²) in [6.07, 6.45) is 0. The minimum Gasteiger partial charge on any atom is -0.394 e. The molecule has 1 rings (SSSR count). The van der Waals surface area contributed by atoms with Crippen molar-refractivity contribution in [3.63, 3.8) is 0 Å². The zero-order valence-electron chi connectivity index (χ0n) is 9.24. The van der Waals surface area contributed by atoms with Gasteiger partial charge in [0.15, 0.2) is 0 Å². The summed E-state index contributed by atoms with van der Waals surface area (Å²) >= 11 is 0. The normalized spacial score (nSPS) is 12.9. The highest BCUT2D eigenvalue weighted by Crippen LogP contribution is 2.11. The van der Waals surface area contributed by atoms with E-state index in [4.69, 9.17) is 5.11 Å². The van der Waals surface area contributed by atoms with Crippen LogP contribution in [0.5, 0.6) is 0 Å². The fourth-order valence-corrected chi connectivity index (χ4v) is 1.09. The van der Waals surface area contributed by atoms with E-state index < -0.39 is 0 Å². The molecule has 1 heterocycles. The van der Waals surface area contributed by atoms with Crippen LogP contribution in [-0.2, 0) is 0 Å². The number of H-pyrrole nitrogens is 1. The van der Waals surface area contributed by atoms with Crippen LogP contribution < -0.4 is 5.32 Å². The molecule has 1 aromatic heterocycles. The molecule has 0 spiro atoms. The first-order chi connectivity index (χ1) is 7.04. The molecule has 0 saturated carbocycles. The molecule has 1 unspecified atom stereocenters. The Morgan fingerprint density at radius 2 is 2.27 bits per heavy atom. The maximum atomic E-state index is 11.5. The van der Waals surface area contributed by atoms with Gasteiger partial charge in [0.1, 0.15) is 5.69 Å². The lowest BCUT2D eigenvalue weighted by Crippen LogP contribution is -2.35. The molecule has 0 radical (unpaired) electrons. The second-order valence-electron chi connectivity index (χ2n) is 3.92. The molecule has 1 amide bonds. The molecule has 1 atom stereocenters. The van der Waals surface area contributed by atoms with E-state index in [-0.39, 0.29) is 18.6 Å². The van der Waals surface area contributed by atoms with Gasteiger partial charge in [0, 0.05) is 11.7 Å². The van der Waals surface area contributed by atoms with Gasteiger partial charge in [-0.3, -0.25) is 9.89 Å². The number of nitrogens with one attached hydrogen (secondary N) is 2. The Hall–Kier alpha value is -1.36. The highest BCUT2D eigenvalue weighted by atomic mass is 16.3. The van der Waals surface area contributed by atoms with Gasteiger partial charge < -0.3 is 10.4 Å². The van der Waals surface area contributed by atoms with Gasteiger partial charge >= 0.3 is 0 Å². The van der Waals surface area contributed by atoms with Gasteiger partial charge in [-0.15, -0.1) is 0 Å². The van der Waals surface area contributed by atoms with Crippen LogP contribution in [0.4, 0.5) is 0 Å². The molecule has 0 bridgehead atoms. The fraction of sp³-hybridized carbons (Fsp3) is 0.600. The Kier molecular flexibility index (Phi) is 3.85. The lowest BCUT2D eigenvalue weighted by molar-refractivity contribution is 0.0917. The second-order valence-corrected chi connectivity index (χ2v) is 3.92. The standard InChI is InChI=1S/C10H17N3O2/c1-6(2)8-4-9(13-12-8)10(15)11-7(3)5-14/h4,6-7,14H,5H2,1-3H3,(H,11,15)(H,12,13). The van der Waals surface area contributed by atoms with E-state index in [0.717, 1.165) is 5.69 Å². The summed E-state index contributed by atoms with van der Waals surface area (Å²) in [6, 6.07) is 1.47. The maximum absolute atomic E-state index is 11.5. The number of aliphatic hydroxyl groups is 1. The quantitative estimate of drug-likeness (QED) is 0.684. The summed E-state index contributed by atoms with van der Waals surface area (Å²) in [4.78, 5) is 11.5. The van der Waals surface area contributed by atoms with Crippen molar-refractivity contribution >= 4 is 5.91 Å². The van der Waals surface area contributed by atoms with Crippen LogP contribution in [0.1, 0.15) is 42.9 Å². The molecule has 0 aliphatic heterocycles. The van der Waals surface area contributed by atoms with Crippen LogP contribution in [0.3, 0.4) is 0 Å². The van der Waals surface area contributed by atoms with Crippen LogP contribution in [0, 0.1) is 0 Å². The molecule has 15 heavy (non-hydrogen) atoms. The Bertz CT molecular complexity index is 333. The Morgan fingerprint density at radius 1 is 1.60 bits per heavy atom. The van der Waals surface area contributed by atoms with Crippen molar-refractivity contribution in [2.24, 2.45) is 0 Å². The molecule has 1 aromatic rings. The molecular weight excluding hydrogens is 194 g/mol. The number of aromatic nitrogens is 2. The zero-order valence-corrected chi connectivity index (χ0v) is 9.24. The SMILES string of the molecule is CC(CO)NC(=O)c1cc(C(C)C)[nH]n1. The summed E-state index contributed by atoms with van der Waals surface area (Å²) in [5.41, 5.74) is 1.29. The number of carbonyl (C=O) groups is 1. The van der Waals surface area contributed by atoms with Gasteiger partial charge in [-0.2, -0.15) is 5.10 Å². The van der Waals surface area contributed by atoms with E-state index in [2.05, 4.69) is 15.5 Å². The highest BCUT2D eigenvalue weighted by Gasteiger charge is 2.13. The van der Waals surface area contributed by atoms with Crippen molar-refractivity contribution in [3.8, 4) is 0 Å². The first-order valence-electron chi connectivity index (χ1n) is 5.01. The third-order valence-corrected chi connectivity index (χ3v) is 2.10. The van der Waals surface area contributed by atoms with Crippen molar-refractivity contribution in [2.45, 2.75) is 32.7 Å². The van der Waals surface area contributed by atoms with Crippen molar-refractivity contribution < 1.29 is 9.90 Å². The number of nitrogens with zero attached hydrogens (tertiary/aromatic N) is 1. The van der Waals surface area contributed by atoms with E-state index in [0.29, 0.717) is 11.6 Å². The Balaban J connectivity index is 2.66. The number of rotatable bonds is 4. The monoisotopic (exact) mass is 211 g/mol. The first kappa shape index (κ1) is 11.7. The summed E-state index contributed by atoms with van der Waals surface area (Å²) in [7, 11) is 0. The van der Waals surface area contributed by atoms with E-state index in [1.54, 1.807) is 13.0 Å². The van der Waals surface area contributed by atoms with E-state index >= 15 is 0 Å². The third-order valence-electron chi connectivity index (χ3n) is 2.10. The van der Waals surface area contributed by atoms with Crippen LogP contribution in [0.2, 0.25) is 0 Å². The van der Waals surface area contributed by atoms with Gasteiger partial charge in [-0.25, -0.2) is 0 Å². The molecule has 0 aliphatic carbocycles. The van der Waals surface area contributed by atoms with Crippen molar-refractivity contribution in [1.29, 1.82) is 0 Å². The highest BCUT2D eigenvalue weighted by molar-refractivity contribution is 5.92. The topological polar surface area (TPSA) is 78.0 Å². The van der Waals surface area contributed by atoms with Crippen molar-refractivity contribution in [3.05, 3.63) is 17.5 Å². The summed E-state index contributed by atoms with van der Waals surface area (Å²) in [5, 5.41) is 18.1. The molecule has 5 nitrogen and oxygen atoms in total. The molecule has 3 N–H and O–H groups in total. The number of aliphatic hydroxyl groups excluding tert-OH is 1. The third kappa shape index (κ3) is 3.06. The molecule has 5 heteroatoms. The van der Waals surface area contributed by atoms with E-state index in [1.807, 2.05) is 13.8 Å². The number of amides is 1. The summed E-state index contributed by atoms with van der Waals surface area (Å²) < 4.78 is 0. The lowest BCUT2D eigenvalue weighted by Gasteiger charge is -2.08. The molecule has 0 aromatic carbocycles. The van der Waals surface area contributed by atoms with E-state index in [9.17, 15) is 4.79 Å². The minimum absolute atomic E-state index is 0.0762. The predicted molar refractivity (Wildman–Crippen MR) is 56.7 cm³/mol. The Labute approximate surface area is 88.9 Å². The largest absolute Gasteiger partial charge is 0.394 e. The van der Waals surface area contributed by atoms with Gasteiger partial charge in [-0.1, -0.05) is 13.8 Å². The van der Waals surface area contributed by atoms with Crippen LogP contribution >= 0.6 is 0 Å². The van der Waals surface area contributed by atoms with Crippen molar-refractivity contribution in [2.75, 3.05) is 6.61 Å². The van der Waals surface area contributed by atoms with Gasteiger partial charge in [0.2, 0.25) is 0 Å². The van der Waals surface area contributed by atoms with Gasteiger partial charge in [0.25, 0.3) is 5.91 Å². The molecule has 0 fully saturated rings. The maximum Gasteiger partial charge on any atom is 0.272 e. The molecular formula is C10H17N3O2. The predicted octanol–water partition coefficient (Wildman–Crippen LogP) is 0.644. The molecule has 0 saturated heterocycles. The molecule has 84 valence electrons. The summed E-state index contributed by atoms with van der Waals surface area (Å²) in [5.74, 6) is 0.0500. The fourth-order valence-electron chi connectivity index (χ4n) is 1.09. The van der Waals surface area contributed by atoms with Crippen LogP contribution in [0.15, 0.2) is 6.07 Å². The number of hydrogen-bond donors (Lipinski definition) is 3. The van der Waals surface area contributed by atoms with Crippen LogP contribution in [-0.4, -0.2) is 33.9 Å². The Morgan fingerprint density at radius 3 is 2.73 bits per heavy atom. The number of aromatic amines is 1. The van der Waals surface area contributed by atoms with Gasteiger partial charge in [-0.05, 0) is 18.9 Å². The zero-order chi connectivity index (χ0) is 11.4. The number of carbonyl (C=O) groups excluding carboxylic acids is 1. The smallest absolute Gasteiger partial charge is 0.272 e. The average Bonchev–Trinajstić information content (AvgIpc) is 2.66.